The summed E-state index contributed by atoms with van der Waals surface area (Å²) in [5, 5.41) is 0. The second-order valence-corrected chi connectivity index (χ2v) is 5.11. The minimum absolute atomic E-state index is 0.700. The van der Waals surface area contributed by atoms with Crippen molar-refractivity contribution in [3.63, 3.8) is 0 Å². The van der Waals surface area contributed by atoms with Gasteiger partial charge >= 0.3 is 0 Å². The first kappa shape index (κ1) is 12.2. The van der Waals surface area contributed by atoms with Gasteiger partial charge in [0, 0.05) is 17.0 Å². The van der Waals surface area contributed by atoms with Gasteiger partial charge in [0.05, 0.1) is 31.5 Å². The van der Waals surface area contributed by atoms with E-state index in [0.29, 0.717) is 5.75 Å². The van der Waals surface area contributed by atoms with Crippen LogP contribution in [0.4, 0.5) is 11.4 Å². The molecule has 0 bridgehead atoms. The van der Waals surface area contributed by atoms with Crippen LogP contribution in [0.25, 0.3) is 0 Å². The third-order valence-electron chi connectivity index (χ3n) is 3.10. The molecule has 19 heavy (non-hydrogen) atoms. The number of nitrogens with zero attached hydrogens (tertiary/aromatic N) is 1. The van der Waals surface area contributed by atoms with Gasteiger partial charge in [-0.3, -0.25) is 0 Å². The van der Waals surface area contributed by atoms with Crippen molar-refractivity contribution in [2.75, 3.05) is 25.0 Å². The van der Waals surface area contributed by atoms with E-state index in [2.05, 4.69) is 35.2 Å². The number of benzene rings is 2. The monoisotopic (exact) mass is 272 g/mol. The van der Waals surface area contributed by atoms with E-state index in [1.165, 1.54) is 10.6 Å². The van der Waals surface area contributed by atoms with Crippen LogP contribution in [0.5, 0.6) is 11.5 Å². The maximum Gasteiger partial charge on any atom is 0.162 e. The van der Waals surface area contributed by atoms with E-state index >= 15 is 0 Å². The summed E-state index contributed by atoms with van der Waals surface area (Å²) in [5.41, 5.74) is 2.21. The predicted octanol–water partition coefficient (Wildman–Crippen LogP) is 3.71. The van der Waals surface area contributed by atoms with E-state index < -0.39 is 0 Å². The molecule has 0 saturated carbocycles. The predicted molar refractivity (Wildman–Crippen MR) is 77.7 cm³/mol. The van der Waals surface area contributed by atoms with Gasteiger partial charge in [0.1, 0.15) is 0 Å². The summed E-state index contributed by atoms with van der Waals surface area (Å²) in [4.78, 5) is 3.52. The number of hydrogen-bond donors (Lipinski definition) is 0. The van der Waals surface area contributed by atoms with Crippen LogP contribution in [0.15, 0.2) is 41.3 Å². The highest BCUT2D eigenvalue weighted by Gasteiger charge is 2.21. The molecule has 3 rings (SSSR count). The lowest BCUT2D eigenvalue weighted by molar-refractivity contribution is 0.355. The Labute approximate surface area is 117 Å². The lowest BCUT2D eigenvalue weighted by atomic mass is 10.2. The molecule has 0 aromatic heterocycles. The van der Waals surface area contributed by atoms with Crippen molar-refractivity contribution in [1.82, 2.24) is 0 Å². The number of fused-ring (bicyclic) bond motifs is 1. The lowest BCUT2D eigenvalue weighted by Gasteiger charge is -2.19. The van der Waals surface area contributed by atoms with E-state index in [9.17, 15) is 0 Å². The lowest BCUT2D eigenvalue weighted by Crippen LogP contribution is -2.11. The average molecular weight is 272 g/mol. The van der Waals surface area contributed by atoms with Gasteiger partial charge in [0.2, 0.25) is 0 Å². The highest BCUT2D eigenvalue weighted by molar-refractivity contribution is 7.99. The zero-order chi connectivity index (χ0) is 13.2. The molecule has 4 heteroatoms. The van der Waals surface area contributed by atoms with E-state index in [4.69, 9.17) is 9.47 Å². The first-order valence-electron chi connectivity index (χ1n) is 5.96. The summed E-state index contributed by atoms with van der Waals surface area (Å²) in [5.74, 6) is 2.32. The summed E-state index contributed by atoms with van der Waals surface area (Å²) in [6.07, 6.45) is 0. The molecular formula is C15H14NO2S. The Hall–Kier alpha value is -1.81. The molecule has 3 nitrogen and oxygen atoms in total. The van der Waals surface area contributed by atoms with Crippen LogP contribution in [-0.4, -0.2) is 20.1 Å². The van der Waals surface area contributed by atoms with Crippen LogP contribution in [0.1, 0.15) is 0 Å². The number of para-hydroxylation sites is 1. The Balaban J connectivity index is 2.00. The molecule has 1 radical (unpaired) electrons. The molecule has 1 aliphatic rings. The van der Waals surface area contributed by atoms with Gasteiger partial charge in [-0.25, -0.2) is 0 Å². The van der Waals surface area contributed by atoms with Crippen molar-refractivity contribution in [2.24, 2.45) is 0 Å². The molecule has 2 aromatic rings. The number of ether oxygens (including phenoxy) is 2. The van der Waals surface area contributed by atoms with Gasteiger partial charge < -0.3 is 14.4 Å². The second kappa shape index (κ2) is 5.05. The Kier molecular flexibility index (Phi) is 3.25. The third-order valence-corrected chi connectivity index (χ3v) is 4.14. The molecule has 0 spiro atoms. The fourth-order valence-corrected chi connectivity index (χ4v) is 3.17. The molecule has 1 heterocycles. The summed E-state index contributed by atoms with van der Waals surface area (Å²) >= 11 is 1.83. The van der Waals surface area contributed by atoms with Crippen molar-refractivity contribution in [3.05, 3.63) is 42.5 Å². The van der Waals surface area contributed by atoms with Crippen LogP contribution in [0, 0.1) is 6.07 Å². The van der Waals surface area contributed by atoms with E-state index in [0.717, 1.165) is 17.3 Å². The molecule has 0 fully saturated rings. The highest BCUT2D eigenvalue weighted by atomic mass is 32.2. The van der Waals surface area contributed by atoms with Gasteiger partial charge in [-0.15, -0.1) is 11.8 Å². The Morgan fingerprint density at radius 1 is 1.16 bits per heavy atom. The molecule has 1 aliphatic heterocycles. The van der Waals surface area contributed by atoms with Crippen molar-refractivity contribution in [3.8, 4) is 11.5 Å². The van der Waals surface area contributed by atoms with Crippen molar-refractivity contribution < 1.29 is 9.47 Å². The second-order valence-electron chi connectivity index (χ2n) is 4.12. The average Bonchev–Trinajstić information content (AvgIpc) is 2.90. The van der Waals surface area contributed by atoms with E-state index in [1.807, 2.05) is 23.9 Å². The van der Waals surface area contributed by atoms with Crippen LogP contribution in [-0.2, 0) is 0 Å². The smallest absolute Gasteiger partial charge is 0.162 e. The topological polar surface area (TPSA) is 21.7 Å². The number of hydrogen-bond acceptors (Lipinski definition) is 4. The first-order chi connectivity index (χ1) is 9.33. The van der Waals surface area contributed by atoms with Crippen molar-refractivity contribution in [1.29, 1.82) is 0 Å². The van der Waals surface area contributed by atoms with Gasteiger partial charge in [0.25, 0.3) is 0 Å². The zero-order valence-corrected chi connectivity index (χ0v) is 11.7. The third kappa shape index (κ3) is 2.12. The summed E-state index contributed by atoms with van der Waals surface area (Å²) < 4.78 is 10.6. The Morgan fingerprint density at radius 2 is 1.95 bits per heavy atom. The van der Waals surface area contributed by atoms with Crippen LogP contribution in [0.2, 0.25) is 0 Å². The molecule has 2 aromatic carbocycles. The molecule has 0 unspecified atom stereocenters. The molecule has 0 saturated heterocycles. The molecule has 97 valence electrons. The van der Waals surface area contributed by atoms with Crippen LogP contribution >= 0.6 is 11.8 Å². The van der Waals surface area contributed by atoms with Crippen molar-refractivity contribution >= 4 is 23.1 Å². The highest BCUT2D eigenvalue weighted by Crippen LogP contribution is 2.44. The standard InChI is InChI=1S/C15H14NO2S/c1-17-13-8-7-11(9-14(13)18-2)16-10-19-15-6-4-3-5-12(15)16/h3-6,8-9H,10H2,1-2H3. The molecule has 0 atom stereocenters. The maximum absolute atomic E-state index is 5.35. The number of methoxy groups -OCH3 is 2. The largest absolute Gasteiger partial charge is 0.493 e. The van der Waals surface area contributed by atoms with Crippen LogP contribution in [0.3, 0.4) is 0 Å². The molecule has 0 N–H and O–H groups in total. The van der Waals surface area contributed by atoms with Gasteiger partial charge in [-0.2, -0.15) is 0 Å². The van der Waals surface area contributed by atoms with Gasteiger partial charge in [-0.1, -0.05) is 12.1 Å². The number of thioether (sulfide) groups is 1. The fraction of sp³-hybridized carbons (Fsp3) is 0.200. The van der Waals surface area contributed by atoms with Crippen molar-refractivity contribution in [2.45, 2.75) is 4.90 Å². The molecule has 0 amide bonds. The molecular weight excluding hydrogens is 258 g/mol. The number of anilines is 2. The van der Waals surface area contributed by atoms with E-state index in [1.54, 1.807) is 14.2 Å². The Morgan fingerprint density at radius 3 is 2.74 bits per heavy atom. The van der Waals surface area contributed by atoms with Crippen LogP contribution < -0.4 is 14.4 Å². The minimum Gasteiger partial charge on any atom is -0.493 e. The normalized spacial score (nSPS) is 13.3. The number of rotatable bonds is 3. The molecule has 0 aliphatic carbocycles. The summed E-state index contributed by atoms with van der Waals surface area (Å²) in [7, 11) is 3.28. The Bertz CT molecular complexity index is 600. The fourth-order valence-electron chi connectivity index (χ4n) is 2.13. The van der Waals surface area contributed by atoms with Gasteiger partial charge in [0.15, 0.2) is 11.5 Å². The minimum atomic E-state index is 0.700. The summed E-state index contributed by atoms with van der Waals surface area (Å²) in [6.45, 7) is 0. The maximum atomic E-state index is 5.35. The SMILES string of the molecule is COc1c[c]c(N2CSc3ccccc32)cc1OC. The quantitative estimate of drug-likeness (QED) is 0.849. The first-order valence-corrected chi connectivity index (χ1v) is 6.95. The van der Waals surface area contributed by atoms with Gasteiger partial charge in [-0.05, 0) is 18.2 Å². The zero-order valence-electron chi connectivity index (χ0n) is 10.8. The van der Waals surface area contributed by atoms with E-state index in [-0.39, 0.29) is 0 Å². The summed E-state index contributed by atoms with van der Waals surface area (Å²) in [6, 6.07) is 15.4.